The van der Waals surface area contributed by atoms with Crippen molar-refractivity contribution in [2.45, 2.75) is 25.6 Å². The van der Waals surface area contributed by atoms with Gasteiger partial charge in [-0.05, 0) is 122 Å². The highest BCUT2D eigenvalue weighted by Gasteiger charge is 2.31. The fourth-order valence-electron chi connectivity index (χ4n) is 8.90. The molecule has 2 aromatic heterocycles. The number of aliphatic carboxylic acids is 2. The number of carbonyl (C=O) groups is 4. The summed E-state index contributed by atoms with van der Waals surface area (Å²) in [5.74, 6) is -2.11. The summed E-state index contributed by atoms with van der Waals surface area (Å²) in [7, 11) is 4.23. The number of fused-ring (bicyclic) bond motifs is 2. The fraction of sp³-hybridized carbons (Fsp3) is 0.300. The number of anilines is 4. The predicted molar refractivity (Wildman–Crippen MR) is 309 cm³/mol. The Hall–Kier alpha value is -9.24. The Bertz CT molecular complexity index is 3300. The number of carboxylic acids is 2. The molecule has 8 aromatic rings. The maximum atomic E-state index is 12.8. The number of hydrogen-bond acceptors (Lipinski definition) is 14. The number of likely N-dealkylation sites (N-methyl/N-ethyl adjacent to an activating group) is 2. The highest BCUT2D eigenvalue weighted by molar-refractivity contribution is 6.27. The molecule has 6 aromatic carbocycles. The van der Waals surface area contributed by atoms with E-state index in [1.54, 1.807) is 24.3 Å². The summed E-state index contributed by atoms with van der Waals surface area (Å²) in [6.45, 7) is 9.31. The second-order valence-corrected chi connectivity index (χ2v) is 19.9. The SMILES string of the molecule is CN1CCN(c2ccc(C(=O)Nc3n[nH]c4cc(OCCOCc5ccc(C(F)(F)F)cc5)ccc34)cc2)CC1.CN1CCN(c2ccc(C(=O)Nc3n[nH]c4cc(OCCOCc5ccc(C(F)(F)F)cc5)ccc34)cc2)CC1.O=C(O)C(=O)O. The average molecular weight is 1200 g/mol. The van der Waals surface area contributed by atoms with Crippen LogP contribution >= 0.6 is 0 Å². The minimum atomic E-state index is -4.35. The maximum absolute atomic E-state index is 12.8. The summed E-state index contributed by atoms with van der Waals surface area (Å²) in [6, 6.07) is 35.6. The molecule has 26 heteroatoms. The molecule has 2 saturated heterocycles. The molecule has 0 bridgehead atoms. The van der Waals surface area contributed by atoms with E-state index in [-0.39, 0.29) is 51.5 Å². The number of halogens is 6. The van der Waals surface area contributed by atoms with Gasteiger partial charge in [0.2, 0.25) is 0 Å². The first-order chi connectivity index (χ1) is 41.2. The van der Waals surface area contributed by atoms with Crippen LogP contribution in [0, 0.1) is 0 Å². The van der Waals surface area contributed by atoms with Crippen LogP contribution in [0.1, 0.15) is 43.0 Å². The van der Waals surface area contributed by atoms with Crippen molar-refractivity contribution in [1.29, 1.82) is 0 Å². The Kier molecular flexibility index (Phi) is 21.2. The number of nitrogens with zero attached hydrogens (tertiary/aromatic N) is 6. The molecule has 0 radical (unpaired) electrons. The van der Waals surface area contributed by atoms with Crippen molar-refractivity contribution in [2.24, 2.45) is 0 Å². The average Bonchev–Trinajstić information content (AvgIpc) is 4.14. The number of carbonyl (C=O) groups excluding carboxylic acids is 2. The Morgan fingerprint density at radius 3 is 1.16 bits per heavy atom. The van der Waals surface area contributed by atoms with Crippen LogP contribution in [-0.2, 0) is 44.6 Å². The van der Waals surface area contributed by atoms with E-state index in [2.05, 4.69) is 64.7 Å². The van der Waals surface area contributed by atoms with Gasteiger partial charge in [-0.3, -0.25) is 19.8 Å². The highest BCUT2D eigenvalue weighted by atomic mass is 19.4. The number of piperazine rings is 2. The Labute approximate surface area is 489 Å². The molecular formula is C60H62F6N10O10. The number of alkyl halides is 6. The van der Waals surface area contributed by atoms with Gasteiger partial charge in [-0.1, -0.05) is 24.3 Å². The third kappa shape index (κ3) is 17.9. The third-order valence-electron chi connectivity index (χ3n) is 13.8. The van der Waals surface area contributed by atoms with Gasteiger partial charge in [-0.25, -0.2) is 9.59 Å². The van der Waals surface area contributed by atoms with Crippen molar-refractivity contribution in [3.05, 3.63) is 167 Å². The van der Waals surface area contributed by atoms with Crippen LogP contribution in [0.15, 0.2) is 133 Å². The van der Waals surface area contributed by atoms with Crippen LogP contribution in [-0.4, -0.2) is 157 Å². The van der Waals surface area contributed by atoms with Crippen molar-refractivity contribution in [3.63, 3.8) is 0 Å². The van der Waals surface area contributed by atoms with Crippen molar-refractivity contribution in [1.82, 2.24) is 30.2 Å². The molecule has 0 spiro atoms. The van der Waals surface area contributed by atoms with Gasteiger partial charge in [0, 0.05) is 97.8 Å². The van der Waals surface area contributed by atoms with Crippen LogP contribution in [0.3, 0.4) is 0 Å². The number of H-pyrrole nitrogens is 2. The molecule has 2 aliphatic heterocycles. The summed E-state index contributed by atoms with van der Waals surface area (Å²) in [6.07, 6.45) is -8.71. The van der Waals surface area contributed by atoms with Crippen molar-refractivity contribution < 1.29 is 74.7 Å². The number of nitrogens with one attached hydrogen (secondary N) is 4. The number of hydrogen-bond donors (Lipinski definition) is 6. The Balaban J connectivity index is 0.000000204. The third-order valence-corrected chi connectivity index (χ3v) is 13.8. The second-order valence-electron chi connectivity index (χ2n) is 19.9. The minimum absolute atomic E-state index is 0.183. The van der Waals surface area contributed by atoms with Gasteiger partial charge in [0.15, 0.2) is 11.6 Å². The molecule has 0 aliphatic carbocycles. The molecule has 0 saturated carbocycles. The van der Waals surface area contributed by atoms with Gasteiger partial charge in [-0.15, -0.1) is 0 Å². The Morgan fingerprint density at radius 1 is 0.488 bits per heavy atom. The van der Waals surface area contributed by atoms with Crippen LogP contribution < -0.4 is 29.9 Å². The second kappa shape index (κ2) is 29.0. The summed E-state index contributed by atoms with van der Waals surface area (Å²) < 4.78 is 98.4. The highest BCUT2D eigenvalue weighted by Crippen LogP contribution is 2.32. The first-order valence-corrected chi connectivity index (χ1v) is 27.0. The zero-order chi connectivity index (χ0) is 61.4. The molecule has 86 heavy (non-hydrogen) atoms. The number of rotatable bonds is 18. The normalized spacial score (nSPS) is 14.0. The van der Waals surface area contributed by atoms with Crippen LogP contribution in [0.2, 0.25) is 0 Å². The standard InChI is InChI=1S/2C29H30F3N5O3.C2H2O4/c2*1-36-12-14-37(15-13-36)23-8-4-21(5-9-23)28(38)33-27-25-11-10-24(18-26(25)34-35-27)40-17-16-39-19-20-2-6-22(7-3-20)29(30,31)32;3-1(4)2(5)6/h2*2-11,18H,12-17,19H2,1H3,(H2,33,34,35,38);(H,3,4)(H,5,6). The molecule has 2 amide bonds. The maximum Gasteiger partial charge on any atom is 0.416 e. The minimum Gasteiger partial charge on any atom is -0.491 e. The number of carboxylic acid groups (broad SMARTS) is 2. The lowest BCUT2D eigenvalue weighted by Gasteiger charge is -2.34. The van der Waals surface area contributed by atoms with Crippen LogP contribution in [0.25, 0.3) is 21.8 Å². The van der Waals surface area contributed by atoms with E-state index in [0.717, 1.165) is 98.8 Å². The predicted octanol–water partition coefficient (Wildman–Crippen LogP) is 9.52. The zero-order valence-electron chi connectivity index (χ0n) is 46.7. The summed E-state index contributed by atoms with van der Waals surface area (Å²) >= 11 is 0. The summed E-state index contributed by atoms with van der Waals surface area (Å²) in [5, 5.41) is 36.3. The fourth-order valence-corrected chi connectivity index (χ4v) is 8.90. The molecular weight excluding hydrogens is 1130 g/mol. The number of aromatic nitrogens is 4. The topological polar surface area (TPSA) is 240 Å². The van der Waals surface area contributed by atoms with Crippen molar-refractivity contribution in [3.8, 4) is 11.5 Å². The van der Waals surface area contributed by atoms with E-state index >= 15 is 0 Å². The summed E-state index contributed by atoms with van der Waals surface area (Å²) in [5.41, 5.74) is 4.61. The number of benzene rings is 6. The largest absolute Gasteiger partial charge is 0.491 e. The van der Waals surface area contributed by atoms with E-state index in [1.807, 2.05) is 60.7 Å². The van der Waals surface area contributed by atoms with E-state index in [9.17, 15) is 35.9 Å². The molecule has 454 valence electrons. The van der Waals surface area contributed by atoms with Gasteiger partial charge in [0.1, 0.15) is 24.7 Å². The van der Waals surface area contributed by atoms with Crippen LogP contribution in [0.4, 0.5) is 49.4 Å². The lowest BCUT2D eigenvalue weighted by Crippen LogP contribution is -2.44. The van der Waals surface area contributed by atoms with E-state index in [1.165, 1.54) is 24.3 Å². The van der Waals surface area contributed by atoms with Gasteiger partial charge in [-0.2, -0.15) is 36.5 Å². The first-order valence-electron chi connectivity index (χ1n) is 27.0. The van der Waals surface area contributed by atoms with E-state index < -0.39 is 35.4 Å². The lowest BCUT2D eigenvalue weighted by molar-refractivity contribution is -0.159. The number of amides is 2. The quantitative estimate of drug-likeness (QED) is 0.0266. The van der Waals surface area contributed by atoms with Gasteiger partial charge in [0.25, 0.3) is 11.8 Å². The molecule has 10 rings (SSSR count). The van der Waals surface area contributed by atoms with Crippen LogP contribution in [0.5, 0.6) is 11.5 Å². The molecule has 2 fully saturated rings. The lowest BCUT2D eigenvalue weighted by atomic mass is 10.1. The van der Waals surface area contributed by atoms with Gasteiger partial charge < -0.3 is 59.4 Å². The molecule has 0 atom stereocenters. The first kappa shape index (κ1) is 62.8. The number of ether oxygens (including phenoxy) is 4. The van der Waals surface area contributed by atoms with E-state index in [0.29, 0.717) is 56.4 Å². The van der Waals surface area contributed by atoms with E-state index in [4.69, 9.17) is 38.7 Å². The van der Waals surface area contributed by atoms with Crippen molar-refractivity contribution in [2.75, 3.05) is 113 Å². The molecule has 6 N–H and O–H groups in total. The number of aromatic amines is 2. The molecule has 2 aliphatic rings. The molecule has 20 nitrogen and oxygen atoms in total. The van der Waals surface area contributed by atoms with Crippen molar-refractivity contribution >= 4 is 68.6 Å². The zero-order valence-corrected chi connectivity index (χ0v) is 46.7. The summed E-state index contributed by atoms with van der Waals surface area (Å²) in [4.78, 5) is 53.1. The molecule has 4 heterocycles. The molecule has 0 unspecified atom stereocenters. The smallest absolute Gasteiger partial charge is 0.416 e. The van der Waals surface area contributed by atoms with Gasteiger partial charge >= 0.3 is 24.3 Å². The van der Waals surface area contributed by atoms with Gasteiger partial charge in [0.05, 0.1) is 48.6 Å². The monoisotopic (exact) mass is 1200 g/mol. The Morgan fingerprint density at radius 2 is 0.837 bits per heavy atom.